The van der Waals surface area contributed by atoms with Crippen molar-refractivity contribution in [2.24, 2.45) is 5.92 Å². The van der Waals surface area contributed by atoms with Gasteiger partial charge in [0, 0.05) is 38.1 Å². The van der Waals surface area contributed by atoms with E-state index < -0.39 is 6.29 Å². The first kappa shape index (κ1) is 25.0. The molecule has 1 saturated heterocycles. The van der Waals surface area contributed by atoms with Gasteiger partial charge in [0.15, 0.2) is 5.76 Å². The first-order valence-electron chi connectivity index (χ1n) is 13.8. The standard InChI is InChI=1S/C31H39NO4/c1-2-35-31-26(16-11-19-33)28(21-29(36-31)30(34)32-17-8-4-3-5-9-18-32)25-15-10-14-24-23-13-7-6-12-22(23)20-27(24)25/h6-7,10,12-15,21,26,28,31,33H,2-5,8-9,11,16-20H2,1H3/t26-,28-,31-/m0/s1. The molecule has 3 aliphatic rings. The molecule has 5 nitrogen and oxygen atoms in total. The third-order valence-corrected chi connectivity index (χ3v) is 8.01. The van der Waals surface area contributed by atoms with E-state index in [4.69, 9.17) is 9.47 Å². The number of aliphatic hydroxyl groups excluding tert-OH is 1. The summed E-state index contributed by atoms with van der Waals surface area (Å²) in [6.07, 6.45) is 9.58. The van der Waals surface area contributed by atoms with Gasteiger partial charge >= 0.3 is 0 Å². The summed E-state index contributed by atoms with van der Waals surface area (Å²) in [5.41, 5.74) is 6.52. The fraction of sp³-hybridized carbons (Fsp3) is 0.516. The minimum Gasteiger partial charge on any atom is -0.459 e. The van der Waals surface area contributed by atoms with Crippen LogP contribution in [0.3, 0.4) is 0 Å². The van der Waals surface area contributed by atoms with E-state index in [9.17, 15) is 9.90 Å². The van der Waals surface area contributed by atoms with E-state index in [0.29, 0.717) is 18.8 Å². The predicted octanol–water partition coefficient (Wildman–Crippen LogP) is 5.80. The number of ether oxygens (including phenoxy) is 2. The number of hydrogen-bond acceptors (Lipinski definition) is 4. The van der Waals surface area contributed by atoms with Gasteiger partial charge in [-0.15, -0.1) is 0 Å². The monoisotopic (exact) mass is 489 g/mol. The molecule has 2 aliphatic heterocycles. The topological polar surface area (TPSA) is 59.0 Å². The minimum absolute atomic E-state index is 0.0110. The summed E-state index contributed by atoms with van der Waals surface area (Å²) in [7, 11) is 0. The Bertz CT molecular complexity index is 1090. The molecule has 0 bridgehead atoms. The lowest BCUT2D eigenvalue weighted by Crippen LogP contribution is -2.41. The molecular formula is C31H39NO4. The molecule has 3 atom stereocenters. The second-order valence-electron chi connectivity index (χ2n) is 10.3. The number of benzene rings is 2. The van der Waals surface area contributed by atoms with Gasteiger partial charge in [-0.25, -0.2) is 0 Å². The summed E-state index contributed by atoms with van der Waals surface area (Å²) in [5, 5.41) is 9.65. The van der Waals surface area contributed by atoms with Crippen LogP contribution in [-0.4, -0.2) is 48.5 Å². The number of likely N-dealkylation sites (tertiary alicyclic amines) is 1. The van der Waals surface area contributed by atoms with Crippen molar-refractivity contribution in [1.29, 1.82) is 0 Å². The van der Waals surface area contributed by atoms with Gasteiger partial charge in [0.25, 0.3) is 5.91 Å². The Kier molecular flexibility index (Phi) is 8.08. The zero-order chi connectivity index (χ0) is 24.9. The summed E-state index contributed by atoms with van der Waals surface area (Å²) >= 11 is 0. The number of rotatable bonds is 7. The van der Waals surface area contributed by atoms with E-state index in [1.165, 1.54) is 47.1 Å². The van der Waals surface area contributed by atoms with Crippen LogP contribution in [-0.2, 0) is 20.7 Å². The number of carbonyl (C=O) groups excluding carboxylic acids is 1. The summed E-state index contributed by atoms with van der Waals surface area (Å²) in [5.74, 6) is 0.423. The number of hydrogen-bond donors (Lipinski definition) is 1. The summed E-state index contributed by atoms with van der Waals surface area (Å²) < 4.78 is 12.4. The molecule has 2 heterocycles. The maximum atomic E-state index is 13.7. The number of carbonyl (C=O) groups is 1. The van der Waals surface area contributed by atoms with Gasteiger partial charge in [0.1, 0.15) is 0 Å². The summed E-state index contributed by atoms with van der Waals surface area (Å²) in [4.78, 5) is 15.7. The van der Waals surface area contributed by atoms with Crippen LogP contribution in [0.2, 0.25) is 0 Å². The fourth-order valence-electron chi connectivity index (χ4n) is 6.22. The lowest BCUT2D eigenvalue weighted by Gasteiger charge is -2.38. The molecule has 2 aromatic carbocycles. The number of amides is 1. The molecule has 0 spiro atoms. The van der Waals surface area contributed by atoms with Crippen LogP contribution in [0.4, 0.5) is 0 Å². The lowest BCUT2D eigenvalue weighted by atomic mass is 9.78. The quantitative estimate of drug-likeness (QED) is 0.456. The van der Waals surface area contributed by atoms with Crippen molar-refractivity contribution in [3.63, 3.8) is 0 Å². The van der Waals surface area contributed by atoms with E-state index in [2.05, 4.69) is 48.5 Å². The van der Waals surface area contributed by atoms with Gasteiger partial charge < -0.3 is 19.5 Å². The normalized spacial score (nSPS) is 23.7. The molecule has 0 radical (unpaired) electrons. The highest BCUT2D eigenvalue weighted by Gasteiger charge is 2.40. The number of allylic oxidation sites excluding steroid dienone is 1. The number of fused-ring (bicyclic) bond motifs is 3. The number of nitrogens with zero attached hydrogens (tertiary/aromatic N) is 1. The highest BCUT2D eigenvalue weighted by Crippen LogP contribution is 2.46. The molecule has 2 aromatic rings. The Morgan fingerprint density at radius 1 is 1.03 bits per heavy atom. The van der Waals surface area contributed by atoms with E-state index in [-0.39, 0.29) is 24.3 Å². The molecule has 5 rings (SSSR count). The van der Waals surface area contributed by atoms with Crippen LogP contribution in [0.5, 0.6) is 0 Å². The third-order valence-electron chi connectivity index (χ3n) is 8.01. The van der Waals surface area contributed by atoms with Gasteiger partial charge in [0.05, 0.1) is 0 Å². The Morgan fingerprint density at radius 2 is 1.78 bits per heavy atom. The molecule has 36 heavy (non-hydrogen) atoms. The Morgan fingerprint density at radius 3 is 2.56 bits per heavy atom. The third kappa shape index (κ3) is 5.09. The van der Waals surface area contributed by atoms with Crippen LogP contribution in [0.15, 0.2) is 54.3 Å². The molecule has 1 amide bonds. The average molecular weight is 490 g/mol. The van der Waals surface area contributed by atoms with E-state index in [0.717, 1.165) is 38.8 Å². The first-order chi connectivity index (χ1) is 17.7. The molecule has 192 valence electrons. The molecule has 1 N–H and O–H groups in total. The van der Waals surface area contributed by atoms with Crippen molar-refractivity contribution < 1.29 is 19.4 Å². The highest BCUT2D eigenvalue weighted by atomic mass is 16.7. The van der Waals surface area contributed by atoms with Crippen molar-refractivity contribution in [1.82, 2.24) is 4.90 Å². The molecular weight excluding hydrogens is 450 g/mol. The second-order valence-corrected chi connectivity index (χ2v) is 10.3. The van der Waals surface area contributed by atoms with E-state index >= 15 is 0 Å². The van der Waals surface area contributed by atoms with Crippen LogP contribution in [0.1, 0.15) is 74.5 Å². The van der Waals surface area contributed by atoms with Crippen molar-refractivity contribution in [2.75, 3.05) is 26.3 Å². The van der Waals surface area contributed by atoms with Crippen LogP contribution in [0.25, 0.3) is 11.1 Å². The van der Waals surface area contributed by atoms with Crippen molar-refractivity contribution in [3.8, 4) is 11.1 Å². The fourth-order valence-corrected chi connectivity index (χ4v) is 6.22. The Labute approximate surface area is 215 Å². The van der Waals surface area contributed by atoms with Gasteiger partial charge in [-0.1, -0.05) is 61.7 Å². The predicted molar refractivity (Wildman–Crippen MR) is 141 cm³/mol. The second kappa shape index (κ2) is 11.6. The van der Waals surface area contributed by atoms with Gasteiger partial charge in [-0.3, -0.25) is 4.79 Å². The SMILES string of the molecule is CCO[C@H]1OC(C(=O)N2CCCCCCC2)=C[C@@H](c2cccc3c2Cc2ccccc2-3)[C@@H]1CCCO. The van der Waals surface area contributed by atoms with Crippen LogP contribution >= 0.6 is 0 Å². The van der Waals surface area contributed by atoms with Gasteiger partial charge in [-0.05, 0) is 72.9 Å². The molecule has 0 saturated carbocycles. The molecule has 1 aliphatic carbocycles. The van der Waals surface area contributed by atoms with Gasteiger partial charge in [-0.2, -0.15) is 0 Å². The molecule has 5 heteroatoms. The van der Waals surface area contributed by atoms with Crippen LogP contribution < -0.4 is 0 Å². The summed E-state index contributed by atoms with van der Waals surface area (Å²) in [6, 6.07) is 15.2. The minimum atomic E-state index is -0.509. The van der Waals surface area contributed by atoms with Crippen molar-refractivity contribution >= 4 is 5.91 Å². The maximum Gasteiger partial charge on any atom is 0.288 e. The van der Waals surface area contributed by atoms with E-state index in [1.807, 2.05) is 11.8 Å². The zero-order valence-electron chi connectivity index (χ0n) is 21.5. The number of aliphatic hydroxyl groups is 1. The molecule has 0 unspecified atom stereocenters. The highest BCUT2D eigenvalue weighted by molar-refractivity contribution is 5.92. The summed E-state index contributed by atoms with van der Waals surface area (Å²) in [6.45, 7) is 4.18. The largest absolute Gasteiger partial charge is 0.459 e. The van der Waals surface area contributed by atoms with Gasteiger partial charge in [0.2, 0.25) is 6.29 Å². The van der Waals surface area contributed by atoms with Crippen LogP contribution in [0, 0.1) is 5.92 Å². The molecule has 0 aromatic heterocycles. The van der Waals surface area contributed by atoms with Crippen molar-refractivity contribution in [3.05, 3.63) is 71.0 Å². The first-order valence-corrected chi connectivity index (χ1v) is 13.8. The maximum absolute atomic E-state index is 13.7. The molecule has 1 fully saturated rings. The zero-order valence-corrected chi connectivity index (χ0v) is 21.5. The van der Waals surface area contributed by atoms with E-state index in [1.54, 1.807) is 0 Å². The lowest BCUT2D eigenvalue weighted by molar-refractivity contribution is -0.170. The average Bonchev–Trinajstić information content (AvgIpc) is 3.26. The Hall–Kier alpha value is -2.63. The Balaban J connectivity index is 1.54. The van der Waals surface area contributed by atoms with Crippen molar-refractivity contribution in [2.45, 2.75) is 70.5 Å². The smallest absolute Gasteiger partial charge is 0.288 e.